The molecule has 7 heteroatoms. The second kappa shape index (κ2) is 4.41. The molecule has 0 fully saturated rings. The van der Waals surface area contributed by atoms with Gasteiger partial charge in [-0.25, -0.2) is 9.18 Å². The van der Waals surface area contributed by atoms with Crippen molar-refractivity contribution in [1.29, 1.82) is 0 Å². The van der Waals surface area contributed by atoms with Crippen LogP contribution in [0.3, 0.4) is 0 Å². The van der Waals surface area contributed by atoms with E-state index in [1.165, 1.54) is 16.8 Å². The molecular formula is C14H12FN3O3. The number of aryl methyl sites for hydroxylation is 1. The zero-order valence-corrected chi connectivity index (χ0v) is 11.3. The molecule has 1 atom stereocenters. The van der Waals surface area contributed by atoms with Crippen molar-refractivity contribution in [2.24, 2.45) is 7.05 Å². The third-order valence-corrected chi connectivity index (χ3v) is 3.62. The molecule has 1 aliphatic rings. The van der Waals surface area contributed by atoms with Gasteiger partial charge in [-0.15, -0.1) is 0 Å². The molecule has 1 aromatic carbocycles. The smallest absolute Gasteiger partial charge is 0.356 e. The summed E-state index contributed by atoms with van der Waals surface area (Å²) in [5.74, 6) is -2.39. The van der Waals surface area contributed by atoms with Gasteiger partial charge in [0.2, 0.25) is 5.91 Å². The van der Waals surface area contributed by atoms with Gasteiger partial charge in [0.25, 0.3) is 0 Å². The average Bonchev–Trinajstić information content (AvgIpc) is 2.93. The standard InChI is InChI=1S/C14H12FN3O3/c1-6-8-3-7(4-9(15)12(8)16-13(6)19)11-5-10(14(20)21)17-18(11)2/h3-6H,1-2H3,(H,16,19)(H,20,21). The number of carboxylic acid groups (broad SMARTS) is 1. The Labute approximate surface area is 119 Å². The van der Waals surface area contributed by atoms with Crippen LogP contribution in [-0.2, 0) is 11.8 Å². The number of hydrogen-bond donors (Lipinski definition) is 2. The lowest BCUT2D eigenvalue weighted by Gasteiger charge is -2.07. The maximum atomic E-state index is 14.1. The fourth-order valence-corrected chi connectivity index (χ4v) is 2.46. The predicted molar refractivity (Wildman–Crippen MR) is 72.6 cm³/mol. The number of carbonyl (C=O) groups is 2. The molecule has 1 aliphatic heterocycles. The zero-order chi connectivity index (χ0) is 15.3. The Bertz CT molecular complexity index is 782. The third-order valence-electron chi connectivity index (χ3n) is 3.62. The number of aromatic carboxylic acids is 1. The number of rotatable bonds is 2. The first kappa shape index (κ1) is 13.3. The quantitative estimate of drug-likeness (QED) is 0.885. The van der Waals surface area contributed by atoms with E-state index in [9.17, 15) is 14.0 Å². The molecular weight excluding hydrogens is 277 g/mol. The predicted octanol–water partition coefficient (Wildman–Crippen LogP) is 1.98. The molecule has 1 amide bonds. The SMILES string of the molecule is CC1C(=O)Nc2c(F)cc(-c3cc(C(=O)O)nn3C)cc21. The van der Waals surface area contributed by atoms with Crippen LogP contribution < -0.4 is 5.32 Å². The first-order valence-corrected chi connectivity index (χ1v) is 6.30. The molecule has 0 aliphatic carbocycles. The van der Waals surface area contributed by atoms with Gasteiger partial charge < -0.3 is 10.4 Å². The van der Waals surface area contributed by atoms with Crippen LogP contribution in [0, 0.1) is 5.82 Å². The highest BCUT2D eigenvalue weighted by Crippen LogP contribution is 2.37. The van der Waals surface area contributed by atoms with E-state index in [2.05, 4.69) is 10.4 Å². The van der Waals surface area contributed by atoms with Crippen LogP contribution in [0.2, 0.25) is 0 Å². The highest BCUT2D eigenvalue weighted by Gasteiger charge is 2.30. The molecule has 2 aromatic rings. The van der Waals surface area contributed by atoms with Gasteiger partial charge in [0, 0.05) is 12.6 Å². The topological polar surface area (TPSA) is 84.2 Å². The van der Waals surface area contributed by atoms with Crippen molar-refractivity contribution in [1.82, 2.24) is 9.78 Å². The van der Waals surface area contributed by atoms with E-state index in [1.54, 1.807) is 20.0 Å². The molecule has 0 spiro atoms. The van der Waals surface area contributed by atoms with Crippen LogP contribution in [0.5, 0.6) is 0 Å². The van der Waals surface area contributed by atoms with Gasteiger partial charge in [0.1, 0.15) is 5.82 Å². The van der Waals surface area contributed by atoms with Crippen molar-refractivity contribution in [3.8, 4) is 11.3 Å². The molecule has 3 rings (SSSR count). The maximum absolute atomic E-state index is 14.1. The number of aromatic nitrogens is 2. The molecule has 0 bridgehead atoms. The fraction of sp³-hybridized carbons (Fsp3) is 0.214. The number of nitrogens with one attached hydrogen (secondary N) is 1. The largest absolute Gasteiger partial charge is 0.476 e. The number of fused-ring (bicyclic) bond motifs is 1. The molecule has 0 saturated heterocycles. The second-order valence-corrected chi connectivity index (χ2v) is 4.98. The first-order valence-electron chi connectivity index (χ1n) is 6.30. The van der Waals surface area contributed by atoms with E-state index >= 15 is 0 Å². The van der Waals surface area contributed by atoms with Crippen molar-refractivity contribution < 1.29 is 19.1 Å². The highest BCUT2D eigenvalue weighted by molar-refractivity contribution is 6.03. The molecule has 2 heterocycles. The lowest BCUT2D eigenvalue weighted by molar-refractivity contribution is -0.116. The van der Waals surface area contributed by atoms with E-state index in [4.69, 9.17) is 5.11 Å². The third kappa shape index (κ3) is 1.97. The van der Waals surface area contributed by atoms with Gasteiger partial charge in [-0.1, -0.05) is 0 Å². The molecule has 108 valence electrons. The van der Waals surface area contributed by atoms with Gasteiger partial charge in [0.05, 0.1) is 17.3 Å². The van der Waals surface area contributed by atoms with Crippen LogP contribution in [0.4, 0.5) is 10.1 Å². The molecule has 0 radical (unpaired) electrons. The summed E-state index contributed by atoms with van der Waals surface area (Å²) < 4.78 is 15.5. The minimum absolute atomic E-state index is 0.115. The Morgan fingerprint density at radius 1 is 1.43 bits per heavy atom. The van der Waals surface area contributed by atoms with Crippen molar-refractivity contribution in [3.05, 3.63) is 35.3 Å². The molecule has 1 aromatic heterocycles. The van der Waals surface area contributed by atoms with E-state index in [-0.39, 0.29) is 17.3 Å². The highest BCUT2D eigenvalue weighted by atomic mass is 19.1. The second-order valence-electron chi connectivity index (χ2n) is 4.98. The van der Waals surface area contributed by atoms with Gasteiger partial charge >= 0.3 is 5.97 Å². The number of anilines is 1. The van der Waals surface area contributed by atoms with E-state index in [0.717, 1.165) is 0 Å². The number of benzene rings is 1. The molecule has 6 nitrogen and oxygen atoms in total. The Kier molecular flexibility index (Phi) is 2.79. The number of carbonyl (C=O) groups excluding carboxylic acids is 1. The van der Waals surface area contributed by atoms with Crippen LogP contribution in [0.15, 0.2) is 18.2 Å². The van der Waals surface area contributed by atoms with E-state index < -0.39 is 17.7 Å². The zero-order valence-electron chi connectivity index (χ0n) is 11.3. The number of halogens is 1. The van der Waals surface area contributed by atoms with Gasteiger partial charge in [-0.3, -0.25) is 9.48 Å². The van der Waals surface area contributed by atoms with Crippen molar-refractivity contribution in [2.75, 3.05) is 5.32 Å². The maximum Gasteiger partial charge on any atom is 0.356 e. The van der Waals surface area contributed by atoms with Crippen molar-refractivity contribution in [3.63, 3.8) is 0 Å². The van der Waals surface area contributed by atoms with E-state index in [1.807, 2.05) is 0 Å². The van der Waals surface area contributed by atoms with Crippen LogP contribution in [0.1, 0.15) is 28.9 Å². The van der Waals surface area contributed by atoms with Gasteiger partial charge in [-0.2, -0.15) is 5.10 Å². The van der Waals surface area contributed by atoms with Crippen LogP contribution >= 0.6 is 0 Å². The average molecular weight is 289 g/mol. The lowest BCUT2D eigenvalue weighted by Crippen LogP contribution is -2.08. The number of hydrogen-bond acceptors (Lipinski definition) is 3. The Balaban J connectivity index is 2.15. The Morgan fingerprint density at radius 2 is 2.14 bits per heavy atom. The molecule has 21 heavy (non-hydrogen) atoms. The van der Waals surface area contributed by atoms with Crippen molar-refractivity contribution in [2.45, 2.75) is 12.8 Å². The first-order chi connectivity index (χ1) is 9.88. The number of nitrogens with zero attached hydrogens (tertiary/aromatic N) is 2. The summed E-state index contributed by atoms with van der Waals surface area (Å²) in [4.78, 5) is 22.6. The monoisotopic (exact) mass is 289 g/mol. The summed E-state index contributed by atoms with van der Waals surface area (Å²) in [6.07, 6.45) is 0. The molecule has 0 saturated carbocycles. The molecule has 1 unspecified atom stereocenters. The van der Waals surface area contributed by atoms with Gasteiger partial charge in [0.15, 0.2) is 5.69 Å². The Morgan fingerprint density at radius 3 is 2.76 bits per heavy atom. The summed E-state index contributed by atoms with van der Waals surface area (Å²) >= 11 is 0. The minimum Gasteiger partial charge on any atom is -0.476 e. The summed E-state index contributed by atoms with van der Waals surface area (Å²) in [7, 11) is 1.58. The summed E-state index contributed by atoms with van der Waals surface area (Å²) in [6, 6.07) is 4.32. The fourth-order valence-electron chi connectivity index (χ4n) is 2.46. The molecule has 2 N–H and O–H groups in total. The van der Waals surface area contributed by atoms with Crippen molar-refractivity contribution >= 4 is 17.6 Å². The summed E-state index contributed by atoms with van der Waals surface area (Å²) in [5, 5.41) is 15.3. The summed E-state index contributed by atoms with van der Waals surface area (Å²) in [5.41, 5.74) is 1.60. The van der Waals surface area contributed by atoms with Crippen LogP contribution in [-0.4, -0.2) is 26.8 Å². The normalized spacial score (nSPS) is 16.7. The summed E-state index contributed by atoms with van der Waals surface area (Å²) in [6.45, 7) is 1.69. The number of carboxylic acids is 1. The van der Waals surface area contributed by atoms with Crippen LogP contribution in [0.25, 0.3) is 11.3 Å². The Hall–Kier alpha value is -2.70. The van der Waals surface area contributed by atoms with Gasteiger partial charge in [-0.05, 0) is 30.7 Å². The number of amides is 1. The minimum atomic E-state index is -1.15. The van der Waals surface area contributed by atoms with E-state index in [0.29, 0.717) is 16.8 Å². The lowest BCUT2D eigenvalue weighted by atomic mass is 9.99.